The Hall–Kier alpha value is -3.01. The van der Waals surface area contributed by atoms with Gasteiger partial charge in [-0.15, -0.1) is 5.10 Å². The van der Waals surface area contributed by atoms with Gasteiger partial charge >= 0.3 is 6.18 Å². The predicted molar refractivity (Wildman–Crippen MR) is 114 cm³/mol. The zero-order valence-electron chi connectivity index (χ0n) is 17.9. The smallest absolute Gasteiger partial charge is 0.346 e. The maximum Gasteiger partial charge on any atom is 0.416 e. The molecule has 0 radical (unpaired) electrons. The first-order chi connectivity index (χ1) is 15.4. The summed E-state index contributed by atoms with van der Waals surface area (Å²) in [7, 11) is 0. The molecule has 0 aliphatic heterocycles. The molecule has 10 heteroatoms. The highest BCUT2D eigenvalue weighted by molar-refractivity contribution is 7.99. The molecule has 3 aromatic rings. The van der Waals surface area contributed by atoms with Crippen molar-refractivity contribution >= 4 is 17.7 Å². The van der Waals surface area contributed by atoms with E-state index in [2.05, 4.69) is 15.5 Å². The molecule has 0 aliphatic carbocycles. The number of nitrogens with zero attached hydrogens (tertiary/aromatic N) is 2. The highest BCUT2D eigenvalue weighted by atomic mass is 32.2. The van der Waals surface area contributed by atoms with Crippen LogP contribution in [0.3, 0.4) is 0 Å². The first kappa shape index (κ1) is 24.6. The van der Waals surface area contributed by atoms with Crippen molar-refractivity contribution in [1.82, 2.24) is 15.5 Å². The topological polar surface area (TPSA) is 54.9 Å². The van der Waals surface area contributed by atoms with Gasteiger partial charge in [-0.3, -0.25) is 4.79 Å². The van der Waals surface area contributed by atoms with Crippen molar-refractivity contribution < 1.29 is 26.7 Å². The van der Waals surface area contributed by atoms with E-state index in [1.54, 1.807) is 39.0 Å². The highest BCUT2D eigenvalue weighted by Crippen LogP contribution is 2.35. The van der Waals surface area contributed by atoms with Crippen LogP contribution >= 0.6 is 11.8 Å². The van der Waals surface area contributed by atoms with Crippen LogP contribution in [-0.2, 0) is 12.1 Å². The number of aryl methyl sites for hydroxylation is 3. The minimum Gasteiger partial charge on any atom is -0.346 e. The van der Waals surface area contributed by atoms with E-state index in [1.807, 2.05) is 0 Å². The SMILES string of the molecule is Cc1cc(C(=O)NCC(F)(F)c2c(C)cccc2C)c(Sc2cccc(C(F)(F)F)c2)nn1. The quantitative estimate of drug-likeness (QED) is 0.433. The first-order valence-electron chi connectivity index (χ1n) is 9.80. The predicted octanol–water partition coefficient (Wildman–Crippen LogP) is 6.09. The lowest BCUT2D eigenvalue weighted by atomic mass is 9.97. The summed E-state index contributed by atoms with van der Waals surface area (Å²) in [6, 6.07) is 10.7. The maximum absolute atomic E-state index is 14.9. The van der Waals surface area contributed by atoms with Crippen molar-refractivity contribution in [2.75, 3.05) is 6.54 Å². The van der Waals surface area contributed by atoms with Crippen LogP contribution in [0.4, 0.5) is 22.0 Å². The third-order valence-electron chi connectivity index (χ3n) is 4.82. The van der Waals surface area contributed by atoms with Gasteiger partial charge in [-0.1, -0.05) is 36.0 Å². The fourth-order valence-electron chi connectivity index (χ4n) is 3.33. The van der Waals surface area contributed by atoms with Gasteiger partial charge in [0.15, 0.2) is 0 Å². The van der Waals surface area contributed by atoms with Crippen LogP contribution in [0.25, 0.3) is 0 Å². The summed E-state index contributed by atoms with van der Waals surface area (Å²) in [5.74, 6) is -4.15. The number of alkyl halides is 5. The Balaban J connectivity index is 1.84. The van der Waals surface area contributed by atoms with Crippen LogP contribution < -0.4 is 5.32 Å². The van der Waals surface area contributed by atoms with E-state index in [4.69, 9.17) is 0 Å². The Morgan fingerprint density at radius 3 is 2.21 bits per heavy atom. The fourth-order valence-corrected chi connectivity index (χ4v) is 4.23. The van der Waals surface area contributed by atoms with Gasteiger partial charge in [0, 0.05) is 10.5 Å². The summed E-state index contributed by atoms with van der Waals surface area (Å²) in [4.78, 5) is 13.0. The van der Waals surface area contributed by atoms with Crippen LogP contribution in [0.2, 0.25) is 0 Å². The Bertz CT molecular complexity index is 1160. The molecule has 3 rings (SSSR count). The number of halogens is 5. The number of carbonyl (C=O) groups excluding carboxylic acids is 1. The molecule has 0 spiro atoms. The van der Waals surface area contributed by atoms with Gasteiger partial charge in [0.2, 0.25) is 0 Å². The van der Waals surface area contributed by atoms with E-state index in [0.717, 1.165) is 23.9 Å². The van der Waals surface area contributed by atoms with Crippen molar-refractivity contribution in [3.63, 3.8) is 0 Å². The van der Waals surface area contributed by atoms with Crippen LogP contribution in [0.5, 0.6) is 0 Å². The lowest BCUT2D eigenvalue weighted by Gasteiger charge is -2.22. The van der Waals surface area contributed by atoms with E-state index in [-0.39, 0.29) is 21.0 Å². The lowest BCUT2D eigenvalue weighted by molar-refractivity contribution is -0.137. The standard InChI is InChI=1S/C23H20F5N3OS/c1-13-6-4-7-14(2)19(13)22(24,25)12-29-20(32)18-10-15(3)30-31-21(18)33-17-9-5-8-16(11-17)23(26,27)28/h4-11H,12H2,1-3H3,(H,29,32). The number of amides is 1. The highest BCUT2D eigenvalue weighted by Gasteiger charge is 2.35. The third kappa shape index (κ3) is 5.87. The molecule has 0 unspecified atom stereocenters. The van der Waals surface area contributed by atoms with Crippen molar-refractivity contribution in [2.45, 2.75) is 42.8 Å². The molecular formula is C23H20F5N3OS. The van der Waals surface area contributed by atoms with Crippen LogP contribution in [0.15, 0.2) is 58.5 Å². The van der Waals surface area contributed by atoms with Gasteiger partial charge in [-0.05, 0) is 56.2 Å². The van der Waals surface area contributed by atoms with Crippen LogP contribution in [-0.4, -0.2) is 22.6 Å². The Morgan fingerprint density at radius 2 is 1.58 bits per heavy atom. The molecule has 1 amide bonds. The third-order valence-corrected chi connectivity index (χ3v) is 5.81. The number of hydrogen-bond acceptors (Lipinski definition) is 4. The fraction of sp³-hybridized carbons (Fsp3) is 0.261. The zero-order valence-corrected chi connectivity index (χ0v) is 18.7. The van der Waals surface area contributed by atoms with Gasteiger partial charge in [-0.2, -0.15) is 27.1 Å². The number of carbonyl (C=O) groups is 1. The molecular weight excluding hydrogens is 461 g/mol. The zero-order chi connectivity index (χ0) is 24.4. The van der Waals surface area contributed by atoms with Gasteiger partial charge in [0.1, 0.15) is 5.03 Å². The molecule has 174 valence electrons. The molecule has 1 heterocycles. The van der Waals surface area contributed by atoms with E-state index in [9.17, 15) is 26.7 Å². The second-order valence-electron chi connectivity index (χ2n) is 7.49. The Labute approximate surface area is 191 Å². The second kappa shape index (κ2) is 9.46. The molecule has 0 saturated carbocycles. The van der Waals surface area contributed by atoms with Crippen molar-refractivity contribution in [3.8, 4) is 0 Å². The minimum atomic E-state index is -4.53. The molecule has 0 fully saturated rings. The summed E-state index contributed by atoms with van der Waals surface area (Å²) in [5, 5.41) is 9.99. The molecule has 4 nitrogen and oxygen atoms in total. The Morgan fingerprint density at radius 1 is 0.939 bits per heavy atom. The van der Waals surface area contributed by atoms with Gasteiger partial charge in [-0.25, -0.2) is 0 Å². The summed E-state index contributed by atoms with van der Waals surface area (Å²) in [6.45, 7) is 3.75. The molecule has 1 aromatic heterocycles. The van der Waals surface area contributed by atoms with E-state index in [1.165, 1.54) is 18.2 Å². The molecule has 0 saturated heterocycles. The van der Waals surface area contributed by atoms with E-state index in [0.29, 0.717) is 16.8 Å². The van der Waals surface area contributed by atoms with E-state index < -0.39 is 30.1 Å². The van der Waals surface area contributed by atoms with Crippen molar-refractivity contribution in [1.29, 1.82) is 0 Å². The first-order valence-corrected chi connectivity index (χ1v) is 10.6. The van der Waals surface area contributed by atoms with Crippen molar-refractivity contribution in [2.24, 2.45) is 0 Å². The molecule has 2 aromatic carbocycles. The van der Waals surface area contributed by atoms with Crippen molar-refractivity contribution in [3.05, 3.63) is 82.0 Å². The van der Waals surface area contributed by atoms with E-state index >= 15 is 0 Å². The van der Waals surface area contributed by atoms with Gasteiger partial charge < -0.3 is 5.32 Å². The minimum absolute atomic E-state index is 0.00723. The summed E-state index contributed by atoms with van der Waals surface area (Å²) in [6.07, 6.45) is -4.53. The van der Waals surface area contributed by atoms with Crippen LogP contribution in [0, 0.1) is 20.8 Å². The number of hydrogen-bond donors (Lipinski definition) is 1. The molecule has 0 aliphatic rings. The summed E-state index contributed by atoms with van der Waals surface area (Å²) < 4.78 is 68.8. The number of benzene rings is 2. The summed E-state index contributed by atoms with van der Waals surface area (Å²) >= 11 is 0.794. The van der Waals surface area contributed by atoms with Crippen LogP contribution in [0.1, 0.15) is 38.3 Å². The number of aromatic nitrogens is 2. The average molecular weight is 481 g/mol. The molecule has 0 atom stereocenters. The molecule has 1 N–H and O–H groups in total. The Kier molecular flexibility index (Phi) is 7.06. The second-order valence-corrected chi connectivity index (χ2v) is 8.55. The molecule has 33 heavy (non-hydrogen) atoms. The average Bonchev–Trinajstić information content (AvgIpc) is 2.72. The monoisotopic (exact) mass is 481 g/mol. The maximum atomic E-state index is 14.9. The van der Waals surface area contributed by atoms with Gasteiger partial charge in [0.05, 0.1) is 23.4 Å². The number of rotatable bonds is 6. The molecule has 0 bridgehead atoms. The summed E-state index contributed by atoms with van der Waals surface area (Å²) in [5.41, 5.74) is 0.0879. The number of nitrogens with one attached hydrogen (secondary N) is 1. The lowest BCUT2D eigenvalue weighted by Crippen LogP contribution is -2.36. The normalized spacial score (nSPS) is 12.0. The largest absolute Gasteiger partial charge is 0.416 e. The van der Waals surface area contributed by atoms with Gasteiger partial charge in [0.25, 0.3) is 11.8 Å².